The van der Waals surface area contributed by atoms with Gasteiger partial charge in [-0.2, -0.15) is 0 Å². The third-order valence-electron chi connectivity index (χ3n) is 4.21. The molecule has 0 spiro atoms. The molecule has 0 saturated carbocycles. The number of benzene rings is 1. The molecule has 5 heteroatoms. The molecular formula is C16H23FN2O2. The third-order valence-corrected chi connectivity index (χ3v) is 4.21. The molecule has 1 aromatic rings. The van der Waals surface area contributed by atoms with Crippen molar-refractivity contribution >= 4 is 5.69 Å². The highest BCUT2D eigenvalue weighted by molar-refractivity contribution is 5.59. The van der Waals surface area contributed by atoms with Crippen molar-refractivity contribution in [1.82, 2.24) is 0 Å². The minimum Gasteiger partial charge on any atom is -0.486 e. The molecule has 2 heterocycles. The Bertz CT molecular complexity index is 469. The first-order chi connectivity index (χ1) is 10.2. The van der Waals surface area contributed by atoms with E-state index in [1.54, 1.807) is 12.1 Å². The number of piperidine rings is 1. The number of anilines is 1. The van der Waals surface area contributed by atoms with Gasteiger partial charge in [0.2, 0.25) is 0 Å². The number of rotatable bonds is 3. The summed E-state index contributed by atoms with van der Waals surface area (Å²) >= 11 is 0. The van der Waals surface area contributed by atoms with E-state index in [9.17, 15) is 4.39 Å². The van der Waals surface area contributed by atoms with Crippen LogP contribution in [0.2, 0.25) is 0 Å². The molecule has 2 aliphatic rings. The highest BCUT2D eigenvalue weighted by Gasteiger charge is 2.22. The lowest BCUT2D eigenvalue weighted by Gasteiger charge is -2.34. The van der Waals surface area contributed by atoms with Gasteiger partial charge in [0.15, 0.2) is 0 Å². The second-order valence-electron chi connectivity index (χ2n) is 5.89. The first-order valence-electron chi connectivity index (χ1n) is 7.77. The Hall–Kier alpha value is -1.33. The fourth-order valence-electron chi connectivity index (χ4n) is 2.96. The molecule has 3 rings (SSSR count). The van der Waals surface area contributed by atoms with Crippen LogP contribution in [0.3, 0.4) is 0 Å². The lowest BCUT2D eigenvalue weighted by Crippen LogP contribution is -2.40. The molecular weight excluding hydrogens is 271 g/mol. The molecule has 2 N–H and O–H groups in total. The molecule has 0 bridgehead atoms. The normalized spacial score (nSPS) is 24.1. The zero-order valence-electron chi connectivity index (χ0n) is 12.3. The predicted octanol–water partition coefficient (Wildman–Crippen LogP) is 2.31. The number of halogens is 1. The maximum Gasteiger partial charge on any atom is 0.143 e. The van der Waals surface area contributed by atoms with E-state index >= 15 is 0 Å². The van der Waals surface area contributed by atoms with Crippen molar-refractivity contribution in [3.8, 4) is 5.75 Å². The fraction of sp³-hybridized carbons (Fsp3) is 0.625. The minimum absolute atomic E-state index is 0.0648. The van der Waals surface area contributed by atoms with Crippen LogP contribution in [0.1, 0.15) is 25.7 Å². The van der Waals surface area contributed by atoms with Crippen molar-refractivity contribution in [1.29, 1.82) is 0 Å². The zero-order chi connectivity index (χ0) is 14.7. The summed E-state index contributed by atoms with van der Waals surface area (Å²) in [7, 11) is 0. The standard InChI is InChI=1S/C16H23FN2O2/c17-12-3-4-16(21-14-2-1-9-20-11-14)15(10-12)19-7-5-13(18)6-8-19/h3-4,10,13-14H,1-2,5-9,11,18H2. The van der Waals surface area contributed by atoms with E-state index in [1.807, 2.05) is 0 Å². The molecule has 0 aromatic heterocycles. The second-order valence-corrected chi connectivity index (χ2v) is 5.89. The van der Waals surface area contributed by atoms with Crippen molar-refractivity contribution < 1.29 is 13.9 Å². The topological polar surface area (TPSA) is 47.7 Å². The number of ether oxygens (including phenoxy) is 2. The number of hydrogen-bond acceptors (Lipinski definition) is 4. The summed E-state index contributed by atoms with van der Waals surface area (Å²) < 4.78 is 25.1. The summed E-state index contributed by atoms with van der Waals surface area (Å²) in [6.07, 6.45) is 3.93. The molecule has 0 amide bonds. The van der Waals surface area contributed by atoms with Gasteiger partial charge in [0, 0.05) is 31.8 Å². The van der Waals surface area contributed by atoms with Crippen LogP contribution in [0.15, 0.2) is 18.2 Å². The molecule has 4 nitrogen and oxygen atoms in total. The molecule has 1 unspecified atom stereocenters. The van der Waals surface area contributed by atoms with Gasteiger partial charge in [0.25, 0.3) is 0 Å². The van der Waals surface area contributed by atoms with Crippen molar-refractivity contribution in [2.24, 2.45) is 5.73 Å². The van der Waals surface area contributed by atoms with Gasteiger partial charge in [-0.15, -0.1) is 0 Å². The van der Waals surface area contributed by atoms with Crippen LogP contribution >= 0.6 is 0 Å². The molecule has 2 saturated heterocycles. The van der Waals surface area contributed by atoms with Gasteiger partial charge < -0.3 is 20.1 Å². The molecule has 0 aliphatic carbocycles. The maximum atomic E-state index is 13.6. The number of hydrogen-bond donors (Lipinski definition) is 1. The van der Waals surface area contributed by atoms with Gasteiger partial charge in [-0.25, -0.2) is 4.39 Å². The SMILES string of the molecule is NC1CCN(c2cc(F)ccc2OC2CCCOC2)CC1. The van der Waals surface area contributed by atoms with Crippen LogP contribution in [-0.2, 0) is 4.74 Å². The van der Waals surface area contributed by atoms with Gasteiger partial charge in [0.1, 0.15) is 17.7 Å². The molecule has 1 atom stereocenters. The summed E-state index contributed by atoms with van der Waals surface area (Å²) in [4.78, 5) is 2.17. The van der Waals surface area contributed by atoms with Gasteiger partial charge in [-0.3, -0.25) is 0 Å². The largest absolute Gasteiger partial charge is 0.486 e. The average molecular weight is 294 g/mol. The Kier molecular flexibility index (Phi) is 4.60. The van der Waals surface area contributed by atoms with Crippen LogP contribution in [0.4, 0.5) is 10.1 Å². The molecule has 2 aliphatic heterocycles. The molecule has 21 heavy (non-hydrogen) atoms. The summed E-state index contributed by atoms with van der Waals surface area (Å²) in [5.74, 6) is 0.523. The van der Waals surface area contributed by atoms with Crippen LogP contribution in [0.5, 0.6) is 5.75 Å². The summed E-state index contributed by atoms with van der Waals surface area (Å²) in [5.41, 5.74) is 6.78. The summed E-state index contributed by atoms with van der Waals surface area (Å²) in [5, 5.41) is 0. The van der Waals surface area contributed by atoms with E-state index in [1.165, 1.54) is 6.07 Å². The van der Waals surface area contributed by atoms with Crippen LogP contribution in [0.25, 0.3) is 0 Å². The monoisotopic (exact) mass is 294 g/mol. The van der Waals surface area contributed by atoms with Crippen molar-refractivity contribution in [3.63, 3.8) is 0 Å². The Balaban J connectivity index is 1.76. The highest BCUT2D eigenvalue weighted by Crippen LogP contribution is 2.32. The maximum absolute atomic E-state index is 13.6. The summed E-state index contributed by atoms with van der Waals surface area (Å²) in [6, 6.07) is 5.01. The third kappa shape index (κ3) is 3.66. The van der Waals surface area contributed by atoms with Crippen molar-refractivity contribution in [2.45, 2.75) is 37.8 Å². The Morgan fingerprint density at radius 1 is 1.24 bits per heavy atom. The number of nitrogens with two attached hydrogens (primary N) is 1. The Morgan fingerprint density at radius 2 is 2.05 bits per heavy atom. The smallest absolute Gasteiger partial charge is 0.143 e. The quantitative estimate of drug-likeness (QED) is 0.929. The van der Waals surface area contributed by atoms with E-state index in [2.05, 4.69) is 4.90 Å². The van der Waals surface area contributed by atoms with E-state index in [4.69, 9.17) is 15.2 Å². The highest BCUT2D eigenvalue weighted by atomic mass is 19.1. The number of nitrogens with zero attached hydrogens (tertiary/aromatic N) is 1. The average Bonchev–Trinajstić information content (AvgIpc) is 2.51. The summed E-state index contributed by atoms with van der Waals surface area (Å²) in [6.45, 7) is 3.12. The first-order valence-corrected chi connectivity index (χ1v) is 7.77. The molecule has 0 radical (unpaired) electrons. The van der Waals surface area contributed by atoms with Crippen molar-refractivity contribution in [2.75, 3.05) is 31.2 Å². The van der Waals surface area contributed by atoms with E-state index in [0.29, 0.717) is 6.61 Å². The molecule has 116 valence electrons. The minimum atomic E-state index is -0.230. The van der Waals surface area contributed by atoms with Gasteiger partial charge in [0.05, 0.1) is 12.3 Å². The molecule has 2 fully saturated rings. The molecule has 1 aromatic carbocycles. The van der Waals surface area contributed by atoms with Crippen LogP contribution < -0.4 is 15.4 Å². The van der Waals surface area contributed by atoms with E-state index in [-0.39, 0.29) is 18.0 Å². The van der Waals surface area contributed by atoms with Gasteiger partial charge >= 0.3 is 0 Å². The van der Waals surface area contributed by atoms with Crippen molar-refractivity contribution in [3.05, 3.63) is 24.0 Å². The lowest BCUT2D eigenvalue weighted by molar-refractivity contribution is 0.00758. The lowest BCUT2D eigenvalue weighted by atomic mass is 10.1. The van der Waals surface area contributed by atoms with E-state index < -0.39 is 0 Å². The van der Waals surface area contributed by atoms with Gasteiger partial charge in [-0.1, -0.05) is 0 Å². The van der Waals surface area contributed by atoms with Gasteiger partial charge in [-0.05, 0) is 37.8 Å². The van der Waals surface area contributed by atoms with Crippen LogP contribution in [-0.4, -0.2) is 38.4 Å². The van der Waals surface area contributed by atoms with Crippen LogP contribution in [0, 0.1) is 5.82 Å². The zero-order valence-corrected chi connectivity index (χ0v) is 12.3. The Labute approximate surface area is 125 Å². The Morgan fingerprint density at radius 3 is 2.76 bits per heavy atom. The van der Waals surface area contributed by atoms with E-state index in [0.717, 1.165) is 56.8 Å². The predicted molar refractivity (Wildman–Crippen MR) is 80.3 cm³/mol. The first kappa shape index (κ1) is 14.6. The second kappa shape index (κ2) is 6.62. The fourth-order valence-corrected chi connectivity index (χ4v) is 2.96.